The summed E-state index contributed by atoms with van der Waals surface area (Å²) < 4.78 is 11.3. The summed E-state index contributed by atoms with van der Waals surface area (Å²) in [7, 11) is 15.4. The molecule has 0 unspecified atom stereocenters. The fourth-order valence-corrected chi connectivity index (χ4v) is 11.0. The summed E-state index contributed by atoms with van der Waals surface area (Å²) in [6.45, 7) is 26.5. The molecular formula is C64H108N10O12. The number of hydrogen-bond donors (Lipinski definition) is 2. The van der Waals surface area contributed by atoms with Crippen molar-refractivity contribution in [2.75, 3.05) is 70.5 Å². The van der Waals surface area contributed by atoms with Crippen LogP contribution in [0.3, 0.4) is 0 Å². The van der Waals surface area contributed by atoms with Crippen molar-refractivity contribution in [1.82, 2.24) is 49.8 Å². The van der Waals surface area contributed by atoms with E-state index in [4.69, 9.17) is 9.47 Å². The molecule has 0 bridgehead atoms. The average Bonchev–Trinajstić information content (AvgIpc) is 1.91. The minimum atomic E-state index is -1.34. The molecule has 13 atom stereocenters. The Hall–Kier alpha value is -6.58. The number of methoxy groups -OCH3 is 1. The Morgan fingerprint density at radius 3 is 1.69 bits per heavy atom. The van der Waals surface area contributed by atoms with Gasteiger partial charge in [0.15, 0.2) is 6.10 Å². The standard InChI is InChI=1S/C64H108N10O12/c1-26-40(10)52-56(76)65-43(13)57(77)71(21)49(33-36(2)3)55(75)66-48(35-46-29-31-47(85-25)32-30-46)60(80)68(18)42(12)28-27-41(11)53(62(82)69(19)45(15)59(79)73(52)23)74(24)61(81)50(34-37(4)5)72(22)58(78)44(14)70(20)63(83)54(39(8)9)86-64(84)51(38(6)7)67(16)17/h27-32,36-45,48-54H,26,33-35H2,1-25H3,(H,65,76)(H,66,75)/b28-27+/t40-,41-,42+,43-,44-,45-,48-,49-,50-,51-,52-,53-,54+/m0/s1. The Labute approximate surface area is 514 Å². The fraction of sp³-hybridized carbons (Fsp3) is 0.719. The van der Waals surface area contributed by atoms with E-state index in [1.165, 1.54) is 104 Å². The number of rotatable bonds is 20. The number of hydrogen-bond acceptors (Lipinski definition) is 13. The summed E-state index contributed by atoms with van der Waals surface area (Å²) in [5.41, 5.74) is 0.708. The van der Waals surface area contributed by atoms with Crippen LogP contribution in [0.2, 0.25) is 0 Å². The van der Waals surface area contributed by atoms with Crippen LogP contribution in [0.15, 0.2) is 36.4 Å². The van der Waals surface area contributed by atoms with Gasteiger partial charge in [-0.25, -0.2) is 0 Å². The molecule has 0 aliphatic carbocycles. The van der Waals surface area contributed by atoms with Gasteiger partial charge in [0.1, 0.15) is 60.1 Å². The molecule has 0 saturated heterocycles. The molecule has 0 fully saturated rings. The molecule has 0 aromatic heterocycles. The van der Waals surface area contributed by atoms with Gasteiger partial charge in [-0.05, 0) is 102 Å². The van der Waals surface area contributed by atoms with Crippen LogP contribution in [0.5, 0.6) is 5.75 Å². The van der Waals surface area contributed by atoms with Gasteiger partial charge in [0.25, 0.3) is 5.91 Å². The second kappa shape index (κ2) is 33.5. The molecule has 22 nitrogen and oxygen atoms in total. The molecule has 9 amide bonds. The summed E-state index contributed by atoms with van der Waals surface area (Å²) >= 11 is 0. The van der Waals surface area contributed by atoms with Gasteiger partial charge in [-0.3, -0.25) is 52.8 Å². The third-order valence-electron chi connectivity index (χ3n) is 17.0. The number of amides is 9. The molecule has 0 radical (unpaired) electrons. The number of nitrogens with zero attached hydrogens (tertiary/aromatic N) is 8. The first-order valence-corrected chi connectivity index (χ1v) is 30.5. The van der Waals surface area contributed by atoms with Crippen LogP contribution in [-0.4, -0.2) is 235 Å². The van der Waals surface area contributed by atoms with Gasteiger partial charge in [-0.2, -0.15) is 0 Å². The molecule has 1 heterocycles. The maximum absolute atomic E-state index is 15.4. The van der Waals surface area contributed by atoms with Crippen LogP contribution in [0.25, 0.3) is 0 Å². The molecule has 2 rings (SSSR count). The van der Waals surface area contributed by atoms with Gasteiger partial charge >= 0.3 is 5.97 Å². The summed E-state index contributed by atoms with van der Waals surface area (Å²) in [4.78, 5) is 157. The molecule has 22 heteroatoms. The fourth-order valence-electron chi connectivity index (χ4n) is 11.0. The van der Waals surface area contributed by atoms with Crippen molar-refractivity contribution in [2.45, 2.75) is 196 Å². The summed E-state index contributed by atoms with van der Waals surface area (Å²) in [5, 5.41) is 5.78. The molecular weight excluding hydrogens is 1100 g/mol. The lowest BCUT2D eigenvalue weighted by Crippen LogP contribution is -2.62. The van der Waals surface area contributed by atoms with Gasteiger partial charge in [0.2, 0.25) is 47.3 Å². The molecule has 486 valence electrons. The lowest BCUT2D eigenvalue weighted by atomic mass is 9.94. The maximum atomic E-state index is 15.4. The highest BCUT2D eigenvalue weighted by atomic mass is 16.6. The van der Waals surface area contributed by atoms with Crippen molar-refractivity contribution < 1.29 is 57.4 Å². The number of nitrogens with one attached hydrogen (secondary N) is 2. The molecule has 1 aliphatic rings. The normalized spacial score (nSPS) is 24.2. The predicted octanol–water partition coefficient (Wildman–Crippen LogP) is 4.57. The van der Waals surface area contributed by atoms with Crippen molar-refractivity contribution in [3.63, 3.8) is 0 Å². The lowest BCUT2D eigenvalue weighted by Gasteiger charge is -2.41. The first-order chi connectivity index (χ1) is 39.8. The van der Waals surface area contributed by atoms with Crippen LogP contribution in [-0.2, 0) is 59.1 Å². The van der Waals surface area contributed by atoms with E-state index in [2.05, 4.69) is 10.6 Å². The van der Waals surface area contributed by atoms with Crippen LogP contribution in [0.1, 0.15) is 129 Å². The highest BCUT2D eigenvalue weighted by Crippen LogP contribution is 2.26. The predicted molar refractivity (Wildman–Crippen MR) is 333 cm³/mol. The van der Waals surface area contributed by atoms with Crippen molar-refractivity contribution in [3.8, 4) is 5.75 Å². The smallest absolute Gasteiger partial charge is 0.324 e. The Balaban J connectivity index is 2.91. The van der Waals surface area contributed by atoms with Gasteiger partial charge in [-0.1, -0.05) is 107 Å². The minimum Gasteiger partial charge on any atom is -0.497 e. The molecule has 1 aromatic rings. The Morgan fingerprint density at radius 1 is 0.628 bits per heavy atom. The molecule has 86 heavy (non-hydrogen) atoms. The number of carbonyl (C=O) groups is 10. The quantitative estimate of drug-likeness (QED) is 0.135. The van der Waals surface area contributed by atoms with Gasteiger partial charge < -0.3 is 54.4 Å². The molecule has 1 aliphatic heterocycles. The Kier molecular flexibility index (Phi) is 29.4. The summed E-state index contributed by atoms with van der Waals surface area (Å²) in [6, 6.07) is -3.61. The summed E-state index contributed by atoms with van der Waals surface area (Å²) in [5.74, 6) is -7.44. The number of carbonyl (C=O) groups excluding carboxylic acids is 10. The largest absolute Gasteiger partial charge is 0.497 e. The maximum Gasteiger partial charge on any atom is 0.324 e. The third-order valence-corrected chi connectivity index (χ3v) is 17.0. The van der Waals surface area contributed by atoms with Gasteiger partial charge in [-0.15, -0.1) is 0 Å². The Bertz CT molecular complexity index is 2510. The van der Waals surface area contributed by atoms with E-state index in [0.29, 0.717) is 17.7 Å². The van der Waals surface area contributed by atoms with Crippen LogP contribution < -0.4 is 15.4 Å². The van der Waals surface area contributed by atoms with E-state index in [9.17, 15) is 38.4 Å². The van der Waals surface area contributed by atoms with E-state index in [0.717, 1.165) is 0 Å². The average molecular weight is 1210 g/mol. The SMILES string of the molecule is CC[C@H](C)[C@H]1C(=O)N[C@@H](C)C(=O)N(C)[C@@H](CC(C)C)C(=O)N[C@@H](Cc2ccc(OC)cc2)C(=O)N(C)[C@H](C)/C=C/[C@H](C)[C@H](N(C)C(=O)[C@H](CC(C)C)N(C)C(=O)[C@H](C)N(C)C(=O)[C@H](OC(=O)[C@H](C(C)C)N(C)C)C(C)C)C(=O)N(C)[C@@H](C)C(=O)N1C. The zero-order valence-corrected chi connectivity index (χ0v) is 56.6. The second-order valence-electron chi connectivity index (χ2n) is 25.6. The highest BCUT2D eigenvalue weighted by molar-refractivity contribution is 5.98. The van der Waals surface area contributed by atoms with Crippen LogP contribution >= 0.6 is 0 Å². The number of esters is 1. The van der Waals surface area contributed by atoms with Crippen molar-refractivity contribution >= 4 is 59.1 Å². The third kappa shape index (κ3) is 19.5. The van der Waals surface area contributed by atoms with Gasteiger partial charge in [0.05, 0.1) is 7.11 Å². The molecule has 2 N–H and O–H groups in total. The van der Waals surface area contributed by atoms with E-state index < -0.39 is 143 Å². The first kappa shape index (κ1) is 75.5. The zero-order chi connectivity index (χ0) is 66.3. The minimum absolute atomic E-state index is 0.0606. The number of likely N-dealkylation sites (N-methyl/N-ethyl adjacent to an activating group) is 8. The topological polar surface area (TPSA) is 239 Å². The second-order valence-corrected chi connectivity index (χ2v) is 25.6. The zero-order valence-electron chi connectivity index (χ0n) is 56.6. The van der Waals surface area contributed by atoms with E-state index in [1.54, 1.807) is 97.1 Å². The van der Waals surface area contributed by atoms with Crippen LogP contribution in [0.4, 0.5) is 0 Å². The van der Waals surface area contributed by atoms with Gasteiger partial charge in [0, 0.05) is 67.7 Å². The first-order valence-electron chi connectivity index (χ1n) is 30.5. The van der Waals surface area contributed by atoms with Crippen molar-refractivity contribution in [3.05, 3.63) is 42.0 Å². The van der Waals surface area contributed by atoms with Crippen molar-refractivity contribution in [1.29, 1.82) is 0 Å². The van der Waals surface area contributed by atoms with E-state index in [1.807, 2.05) is 48.5 Å². The summed E-state index contributed by atoms with van der Waals surface area (Å²) in [6.07, 6.45) is 3.06. The number of ether oxygens (including phenoxy) is 2. The van der Waals surface area contributed by atoms with E-state index >= 15 is 9.59 Å². The molecule has 0 saturated carbocycles. The van der Waals surface area contributed by atoms with E-state index in [-0.39, 0.29) is 37.0 Å². The Morgan fingerprint density at radius 2 is 1.20 bits per heavy atom. The monoisotopic (exact) mass is 1210 g/mol. The lowest BCUT2D eigenvalue weighted by molar-refractivity contribution is -0.169. The van der Waals surface area contributed by atoms with Crippen LogP contribution in [0, 0.1) is 35.5 Å². The number of benzene rings is 1. The molecule has 0 spiro atoms. The highest BCUT2D eigenvalue weighted by Gasteiger charge is 2.44. The van der Waals surface area contributed by atoms with Crippen molar-refractivity contribution in [2.24, 2.45) is 35.5 Å². The molecule has 1 aromatic carbocycles.